The maximum atomic E-state index is 12.6. The Morgan fingerprint density at radius 1 is 1.17 bits per heavy atom. The van der Waals surface area contributed by atoms with Crippen LogP contribution in [0.4, 0.5) is 13.2 Å². The van der Waals surface area contributed by atoms with Gasteiger partial charge in [-0.1, -0.05) is 53.7 Å². The summed E-state index contributed by atoms with van der Waals surface area (Å²) in [6, 6.07) is 14.7. The highest BCUT2D eigenvalue weighted by Crippen LogP contribution is 2.27. The Kier molecular flexibility index (Phi) is 6.58. The molecule has 0 aliphatic rings. The van der Waals surface area contributed by atoms with Crippen molar-refractivity contribution in [1.82, 2.24) is 14.6 Å². The van der Waals surface area contributed by atoms with Crippen LogP contribution in [0, 0.1) is 0 Å². The molecule has 0 saturated carbocycles. The minimum atomic E-state index is -4.79. The van der Waals surface area contributed by atoms with Crippen LogP contribution in [-0.2, 0) is 13.1 Å². The Labute approximate surface area is 169 Å². The molecule has 0 fully saturated rings. The van der Waals surface area contributed by atoms with Gasteiger partial charge in [0, 0.05) is 24.2 Å². The van der Waals surface area contributed by atoms with Crippen LogP contribution in [0.1, 0.15) is 5.56 Å². The topological polar surface area (TPSA) is 80.7 Å². The number of likely N-dealkylation sites (N-methyl/N-ethyl adjacent to an activating group) is 1. The molecule has 1 N–H and O–H groups in total. The van der Waals surface area contributed by atoms with Gasteiger partial charge in [0.05, 0.1) is 12.6 Å². The van der Waals surface area contributed by atoms with Gasteiger partial charge < -0.3 is 9.84 Å². The summed E-state index contributed by atoms with van der Waals surface area (Å²) in [7, 11) is 1.64. The largest absolute Gasteiger partial charge is 0.573 e. The van der Waals surface area contributed by atoms with E-state index in [-0.39, 0.29) is 31.2 Å². The maximum Gasteiger partial charge on any atom is 0.573 e. The number of para-hydroxylation sites is 1. The van der Waals surface area contributed by atoms with Crippen molar-refractivity contribution in [2.75, 3.05) is 13.6 Å². The van der Waals surface area contributed by atoms with Gasteiger partial charge in [-0.3, -0.25) is 14.0 Å². The Bertz CT molecular complexity index is 1020. The van der Waals surface area contributed by atoms with Gasteiger partial charge in [-0.25, -0.2) is 4.79 Å². The second-order valence-corrected chi connectivity index (χ2v) is 6.75. The molecule has 3 aromatic rings. The molecule has 30 heavy (non-hydrogen) atoms. The van der Waals surface area contributed by atoms with Gasteiger partial charge in [-0.2, -0.15) is 0 Å². The molecule has 1 aromatic heterocycles. The van der Waals surface area contributed by atoms with Crippen LogP contribution in [0.25, 0.3) is 11.4 Å². The van der Waals surface area contributed by atoms with E-state index in [1.807, 2.05) is 6.07 Å². The highest BCUT2D eigenvalue weighted by atomic mass is 19.4. The number of aromatic nitrogens is 2. The molecule has 0 amide bonds. The highest BCUT2D eigenvalue weighted by molar-refractivity contribution is 5.54. The summed E-state index contributed by atoms with van der Waals surface area (Å²) in [5.41, 5.74) is 0.971. The van der Waals surface area contributed by atoms with Crippen molar-refractivity contribution in [3.8, 4) is 17.1 Å². The summed E-state index contributed by atoms with van der Waals surface area (Å²) in [6.45, 7) is 0.108. The normalized spacial score (nSPS) is 12.9. The van der Waals surface area contributed by atoms with Crippen LogP contribution < -0.4 is 10.5 Å². The second-order valence-electron chi connectivity index (χ2n) is 6.75. The summed E-state index contributed by atoms with van der Waals surface area (Å²) in [5, 5.41) is 14.2. The summed E-state index contributed by atoms with van der Waals surface area (Å²) >= 11 is 0. The molecule has 3 rings (SSSR count). The number of hydrogen-bond acceptors (Lipinski definition) is 6. The summed E-state index contributed by atoms with van der Waals surface area (Å²) < 4.78 is 47.7. The lowest BCUT2D eigenvalue weighted by atomic mass is 10.2. The standard InChI is InChI=1S/C20H20F3N3O4/c1-25(11-15-9-5-6-10-17(15)29-20(21,22)23)12-16(27)13-26-18(24-30-19(26)28)14-7-3-2-4-8-14/h2-10,16,27H,11-13H2,1H3. The van der Waals surface area contributed by atoms with Gasteiger partial charge in [-0.15, -0.1) is 13.2 Å². The van der Waals surface area contributed by atoms with Crippen LogP contribution in [0.15, 0.2) is 63.9 Å². The Morgan fingerprint density at radius 3 is 2.53 bits per heavy atom. The van der Waals surface area contributed by atoms with Crippen molar-refractivity contribution in [2.24, 2.45) is 0 Å². The van der Waals surface area contributed by atoms with Crippen LogP contribution in [0.3, 0.4) is 0 Å². The number of rotatable bonds is 8. The lowest BCUT2D eigenvalue weighted by Gasteiger charge is -2.22. The molecule has 1 heterocycles. The molecular weight excluding hydrogens is 403 g/mol. The average molecular weight is 423 g/mol. The van der Waals surface area contributed by atoms with Gasteiger partial charge in [0.2, 0.25) is 0 Å². The van der Waals surface area contributed by atoms with E-state index < -0.39 is 18.2 Å². The Hall–Kier alpha value is -3.11. The zero-order valence-electron chi connectivity index (χ0n) is 16.0. The van der Waals surface area contributed by atoms with Gasteiger partial charge in [-0.05, 0) is 13.1 Å². The third kappa shape index (κ3) is 5.71. The number of aliphatic hydroxyl groups excluding tert-OH is 1. The zero-order chi connectivity index (χ0) is 21.7. The fraction of sp³-hybridized carbons (Fsp3) is 0.300. The number of hydrogen-bond donors (Lipinski definition) is 1. The molecule has 0 aliphatic heterocycles. The van der Waals surface area contributed by atoms with Crippen molar-refractivity contribution >= 4 is 0 Å². The molecule has 160 valence electrons. The quantitative estimate of drug-likeness (QED) is 0.600. The first kappa shape index (κ1) is 21.6. The van der Waals surface area contributed by atoms with E-state index in [4.69, 9.17) is 4.52 Å². The molecular formula is C20H20F3N3O4. The van der Waals surface area contributed by atoms with Gasteiger partial charge in [0.15, 0.2) is 5.82 Å². The molecule has 2 aromatic carbocycles. The fourth-order valence-electron chi connectivity index (χ4n) is 3.07. The molecule has 1 unspecified atom stereocenters. The molecule has 1 atom stereocenters. The number of benzene rings is 2. The SMILES string of the molecule is CN(Cc1ccccc1OC(F)(F)F)CC(O)Cn1c(-c2ccccc2)noc1=O. The monoisotopic (exact) mass is 423 g/mol. The lowest BCUT2D eigenvalue weighted by Crippen LogP contribution is -2.34. The third-order valence-corrected chi connectivity index (χ3v) is 4.27. The van der Waals surface area contributed by atoms with E-state index in [1.165, 1.54) is 22.8 Å². The van der Waals surface area contributed by atoms with E-state index in [0.717, 1.165) is 0 Å². The van der Waals surface area contributed by atoms with Crippen LogP contribution in [0.2, 0.25) is 0 Å². The summed E-state index contributed by atoms with van der Waals surface area (Å²) in [6.07, 6.45) is -5.79. The first-order chi connectivity index (χ1) is 14.2. The molecule has 0 aliphatic carbocycles. The smallest absolute Gasteiger partial charge is 0.405 e. The Balaban J connectivity index is 1.66. The highest BCUT2D eigenvalue weighted by Gasteiger charge is 2.32. The minimum Gasteiger partial charge on any atom is -0.405 e. The van der Waals surface area contributed by atoms with Gasteiger partial charge >= 0.3 is 12.1 Å². The van der Waals surface area contributed by atoms with Gasteiger partial charge in [0.25, 0.3) is 0 Å². The molecule has 0 spiro atoms. The first-order valence-electron chi connectivity index (χ1n) is 9.05. The summed E-state index contributed by atoms with van der Waals surface area (Å²) in [5.74, 6) is -0.723. The fourth-order valence-corrected chi connectivity index (χ4v) is 3.07. The number of nitrogens with zero attached hydrogens (tertiary/aromatic N) is 3. The molecule has 0 bridgehead atoms. The van der Waals surface area contributed by atoms with Gasteiger partial charge in [0.1, 0.15) is 5.75 Å². The van der Waals surface area contributed by atoms with Crippen LogP contribution in [-0.4, -0.2) is 45.8 Å². The number of ether oxygens (including phenoxy) is 1. The van der Waals surface area contributed by atoms with Crippen molar-refractivity contribution in [3.63, 3.8) is 0 Å². The van der Waals surface area contributed by atoms with Crippen LogP contribution in [0.5, 0.6) is 5.75 Å². The molecule has 0 saturated heterocycles. The molecule has 10 heteroatoms. The number of halogens is 3. The average Bonchev–Trinajstić information content (AvgIpc) is 3.03. The number of alkyl halides is 3. The van der Waals surface area contributed by atoms with E-state index in [2.05, 4.69) is 9.89 Å². The summed E-state index contributed by atoms with van der Waals surface area (Å²) in [4.78, 5) is 13.6. The van der Waals surface area contributed by atoms with Crippen LogP contribution >= 0.6 is 0 Å². The maximum absolute atomic E-state index is 12.6. The van der Waals surface area contributed by atoms with Crippen molar-refractivity contribution in [3.05, 3.63) is 70.7 Å². The first-order valence-corrected chi connectivity index (χ1v) is 9.05. The van der Waals surface area contributed by atoms with E-state index in [9.17, 15) is 23.1 Å². The van der Waals surface area contributed by atoms with Crippen molar-refractivity contribution in [1.29, 1.82) is 0 Å². The van der Waals surface area contributed by atoms with E-state index in [1.54, 1.807) is 42.3 Å². The molecule has 0 radical (unpaired) electrons. The third-order valence-electron chi connectivity index (χ3n) is 4.27. The minimum absolute atomic E-state index is 0.0857. The molecule has 7 nitrogen and oxygen atoms in total. The predicted molar refractivity (Wildman–Crippen MR) is 102 cm³/mol. The Morgan fingerprint density at radius 2 is 1.83 bits per heavy atom. The second kappa shape index (κ2) is 9.14. The number of aliphatic hydroxyl groups is 1. The predicted octanol–water partition coefficient (Wildman–Crippen LogP) is 2.89. The van der Waals surface area contributed by atoms with Crippen molar-refractivity contribution < 1.29 is 27.5 Å². The van der Waals surface area contributed by atoms with E-state index >= 15 is 0 Å². The van der Waals surface area contributed by atoms with Crippen molar-refractivity contribution in [2.45, 2.75) is 25.6 Å². The zero-order valence-corrected chi connectivity index (χ0v) is 16.0. The lowest BCUT2D eigenvalue weighted by molar-refractivity contribution is -0.275. The van der Waals surface area contributed by atoms with E-state index in [0.29, 0.717) is 11.1 Å².